The summed E-state index contributed by atoms with van der Waals surface area (Å²) in [6, 6.07) is 3.69. The largest absolute Gasteiger partial charge is 0.345 e. The first kappa shape index (κ1) is 17.9. The molecule has 2 aliphatic rings. The zero-order chi connectivity index (χ0) is 18.2. The monoisotopic (exact) mass is 363 g/mol. The van der Waals surface area contributed by atoms with E-state index in [-0.39, 0.29) is 29.1 Å². The van der Waals surface area contributed by atoms with Gasteiger partial charge in [-0.1, -0.05) is 19.9 Å². The first-order valence-corrected chi connectivity index (χ1v) is 9.55. The van der Waals surface area contributed by atoms with Crippen LogP contribution in [0.25, 0.3) is 0 Å². The minimum absolute atomic E-state index is 0.00442. The van der Waals surface area contributed by atoms with E-state index in [1.54, 1.807) is 11.9 Å². The molecule has 0 radical (unpaired) electrons. The van der Waals surface area contributed by atoms with E-state index in [4.69, 9.17) is 0 Å². The number of thiophene rings is 1. The smallest absolute Gasteiger partial charge is 0.263 e. The SMILES string of the molecule is CC(C)C(=O)N1CCN(C(=O)c2cccs2)CC2(CC(=O)N(C)C2)C1. The molecule has 1 atom stereocenters. The van der Waals surface area contributed by atoms with Gasteiger partial charge in [0.25, 0.3) is 5.91 Å². The Hall–Kier alpha value is -1.89. The predicted octanol–water partition coefficient (Wildman–Crippen LogP) is 1.54. The van der Waals surface area contributed by atoms with Crippen LogP contribution in [0.15, 0.2) is 17.5 Å². The van der Waals surface area contributed by atoms with Gasteiger partial charge in [-0.3, -0.25) is 14.4 Å². The van der Waals surface area contributed by atoms with Gasteiger partial charge in [0.15, 0.2) is 0 Å². The summed E-state index contributed by atoms with van der Waals surface area (Å²) >= 11 is 1.43. The second kappa shape index (κ2) is 6.78. The van der Waals surface area contributed by atoms with Crippen molar-refractivity contribution in [2.24, 2.45) is 11.3 Å². The Bertz CT molecular complexity index is 673. The van der Waals surface area contributed by atoms with Crippen LogP contribution in [0.1, 0.15) is 29.9 Å². The van der Waals surface area contributed by atoms with E-state index in [1.165, 1.54) is 11.3 Å². The average Bonchev–Trinajstić information content (AvgIpc) is 3.13. The molecule has 1 spiro atoms. The molecule has 6 nitrogen and oxygen atoms in total. The second-order valence-corrected chi connectivity index (χ2v) is 8.49. The molecular weight excluding hydrogens is 338 g/mol. The number of hydrogen-bond donors (Lipinski definition) is 0. The molecule has 1 unspecified atom stereocenters. The van der Waals surface area contributed by atoms with Crippen LogP contribution in [0.2, 0.25) is 0 Å². The number of carbonyl (C=O) groups excluding carboxylic acids is 3. The quantitative estimate of drug-likeness (QED) is 0.801. The lowest BCUT2D eigenvalue weighted by Crippen LogP contribution is -2.45. The number of hydrogen-bond acceptors (Lipinski definition) is 4. The van der Waals surface area contributed by atoms with Crippen molar-refractivity contribution in [1.29, 1.82) is 0 Å². The Labute approximate surface area is 152 Å². The van der Waals surface area contributed by atoms with E-state index in [1.807, 2.05) is 41.2 Å². The molecule has 0 aromatic carbocycles. The molecule has 25 heavy (non-hydrogen) atoms. The van der Waals surface area contributed by atoms with Gasteiger partial charge in [-0.2, -0.15) is 0 Å². The van der Waals surface area contributed by atoms with Gasteiger partial charge in [0, 0.05) is 57.5 Å². The van der Waals surface area contributed by atoms with E-state index in [0.29, 0.717) is 44.0 Å². The topological polar surface area (TPSA) is 60.9 Å². The van der Waals surface area contributed by atoms with Crippen molar-refractivity contribution >= 4 is 29.1 Å². The molecular formula is C18H25N3O3S. The van der Waals surface area contributed by atoms with Crippen LogP contribution >= 0.6 is 11.3 Å². The van der Waals surface area contributed by atoms with Gasteiger partial charge in [0.2, 0.25) is 11.8 Å². The highest BCUT2D eigenvalue weighted by molar-refractivity contribution is 7.12. The summed E-state index contributed by atoms with van der Waals surface area (Å²) in [6.45, 7) is 6.45. The molecule has 2 fully saturated rings. The maximum absolute atomic E-state index is 12.9. The molecule has 0 saturated carbocycles. The van der Waals surface area contributed by atoms with Gasteiger partial charge in [-0.25, -0.2) is 0 Å². The molecule has 0 N–H and O–H groups in total. The molecule has 3 amide bonds. The van der Waals surface area contributed by atoms with E-state index >= 15 is 0 Å². The van der Waals surface area contributed by atoms with Crippen LogP contribution in [0.4, 0.5) is 0 Å². The summed E-state index contributed by atoms with van der Waals surface area (Å²) in [6.07, 6.45) is 0.388. The third-order valence-corrected chi connectivity index (χ3v) is 5.90. The Kier molecular flexibility index (Phi) is 4.86. The molecule has 2 saturated heterocycles. The van der Waals surface area contributed by atoms with Crippen molar-refractivity contribution in [2.45, 2.75) is 20.3 Å². The van der Waals surface area contributed by atoms with Crippen LogP contribution in [0, 0.1) is 11.3 Å². The summed E-state index contributed by atoms with van der Waals surface area (Å²) < 4.78 is 0. The second-order valence-electron chi connectivity index (χ2n) is 7.55. The van der Waals surface area contributed by atoms with Gasteiger partial charge in [-0.15, -0.1) is 11.3 Å². The van der Waals surface area contributed by atoms with Gasteiger partial charge >= 0.3 is 0 Å². The normalized spacial score (nSPS) is 24.3. The van der Waals surface area contributed by atoms with Crippen molar-refractivity contribution in [1.82, 2.24) is 14.7 Å². The van der Waals surface area contributed by atoms with Crippen molar-refractivity contribution in [2.75, 3.05) is 39.8 Å². The minimum Gasteiger partial charge on any atom is -0.345 e. The summed E-state index contributed by atoms with van der Waals surface area (Å²) in [5.41, 5.74) is -0.375. The molecule has 0 aliphatic carbocycles. The van der Waals surface area contributed by atoms with Gasteiger partial charge < -0.3 is 14.7 Å². The molecule has 2 aliphatic heterocycles. The van der Waals surface area contributed by atoms with Gasteiger partial charge in [0.05, 0.1) is 4.88 Å². The first-order chi connectivity index (χ1) is 11.8. The van der Waals surface area contributed by atoms with Crippen LogP contribution in [-0.4, -0.2) is 72.2 Å². The minimum atomic E-state index is -0.375. The summed E-state index contributed by atoms with van der Waals surface area (Å²) in [4.78, 5) is 43.7. The Morgan fingerprint density at radius 3 is 2.40 bits per heavy atom. The van der Waals surface area contributed by atoms with E-state index in [2.05, 4.69) is 0 Å². The molecule has 0 bridgehead atoms. The Balaban J connectivity index is 1.88. The fraction of sp³-hybridized carbons (Fsp3) is 0.611. The van der Waals surface area contributed by atoms with Gasteiger partial charge in [-0.05, 0) is 11.4 Å². The number of amides is 3. The van der Waals surface area contributed by atoms with Crippen molar-refractivity contribution in [3.63, 3.8) is 0 Å². The lowest BCUT2D eigenvalue weighted by Gasteiger charge is -2.33. The van der Waals surface area contributed by atoms with Crippen LogP contribution in [0.3, 0.4) is 0 Å². The molecule has 136 valence electrons. The highest BCUT2D eigenvalue weighted by Gasteiger charge is 2.47. The fourth-order valence-electron chi connectivity index (χ4n) is 3.86. The lowest BCUT2D eigenvalue weighted by atomic mass is 9.85. The van der Waals surface area contributed by atoms with E-state index in [0.717, 1.165) is 0 Å². The maximum atomic E-state index is 12.9. The summed E-state index contributed by atoms with van der Waals surface area (Å²) in [5.74, 6) is 0.0795. The molecule has 7 heteroatoms. The Morgan fingerprint density at radius 1 is 1.16 bits per heavy atom. The standard InChI is InChI=1S/C18H25N3O3S/c1-13(2)16(23)20-6-7-21(17(24)14-5-4-8-25-14)12-18(11-20)9-15(22)19(3)10-18/h4-5,8,13H,6-7,9-12H2,1-3H3. The molecule has 1 aromatic rings. The Morgan fingerprint density at radius 2 is 1.84 bits per heavy atom. The highest BCUT2D eigenvalue weighted by Crippen LogP contribution is 2.35. The fourth-order valence-corrected chi connectivity index (χ4v) is 4.55. The highest BCUT2D eigenvalue weighted by atomic mass is 32.1. The third kappa shape index (κ3) is 3.56. The number of rotatable bonds is 2. The van der Waals surface area contributed by atoms with Crippen LogP contribution in [0.5, 0.6) is 0 Å². The number of likely N-dealkylation sites (tertiary alicyclic amines) is 1. The van der Waals surface area contributed by atoms with E-state index in [9.17, 15) is 14.4 Å². The zero-order valence-electron chi connectivity index (χ0n) is 15.0. The third-order valence-electron chi connectivity index (χ3n) is 5.04. The van der Waals surface area contributed by atoms with Crippen molar-refractivity contribution in [3.8, 4) is 0 Å². The van der Waals surface area contributed by atoms with Crippen molar-refractivity contribution in [3.05, 3.63) is 22.4 Å². The zero-order valence-corrected chi connectivity index (χ0v) is 15.8. The van der Waals surface area contributed by atoms with Crippen LogP contribution < -0.4 is 0 Å². The van der Waals surface area contributed by atoms with E-state index < -0.39 is 0 Å². The van der Waals surface area contributed by atoms with Gasteiger partial charge in [0.1, 0.15) is 0 Å². The number of carbonyl (C=O) groups is 3. The summed E-state index contributed by atoms with van der Waals surface area (Å²) in [7, 11) is 1.79. The molecule has 3 heterocycles. The average molecular weight is 363 g/mol. The molecule has 3 rings (SSSR count). The van der Waals surface area contributed by atoms with Crippen LogP contribution in [-0.2, 0) is 9.59 Å². The lowest BCUT2D eigenvalue weighted by molar-refractivity contribution is -0.135. The first-order valence-electron chi connectivity index (χ1n) is 8.67. The number of nitrogens with zero attached hydrogens (tertiary/aromatic N) is 3. The predicted molar refractivity (Wildman–Crippen MR) is 96.3 cm³/mol. The van der Waals surface area contributed by atoms with Crippen molar-refractivity contribution < 1.29 is 14.4 Å². The summed E-state index contributed by atoms with van der Waals surface area (Å²) in [5, 5.41) is 1.89. The molecule has 1 aromatic heterocycles. The maximum Gasteiger partial charge on any atom is 0.263 e.